The summed E-state index contributed by atoms with van der Waals surface area (Å²) in [6, 6.07) is 14.7. The second-order valence-electron chi connectivity index (χ2n) is 9.80. The predicted molar refractivity (Wildman–Crippen MR) is 144 cm³/mol. The molecule has 2 amide bonds. The molecule has 0 aromatic heterocycles. The maximum atomic E-state index is 13.8. The minimum absolute atomic E-state index is 0.139. The smallest absolute Gasteiger partial charge is 0.244 e. The second kappa shape index (κ2) is 12.4. The Bertz CT molecular complexity index is 1140. The normalized spacial score (nSPS) is 14.9. The van der Waals surface area contributed by atoms with Crippen LogP contribution in [0.5, 0.6) is 0 Å². The molecule has 1 saturated carbocycles. The zero-order valence-corrected chi connectivity index (χ0v) is 22.7. The summed E-state index contributed by atoms with van der Waals surface area (Å²) in [7, 11) is -3.74. The number of nitrogens with zero attached hydrogens (tertiary/aromatic N) is 2. The first-order valence-electron chi connectivity index (χ1n) is 12.8. The molecule has 1 fully saturated rings. The van der Waals surface area contributed by atoms with Gasteiger partial charge in [-0.25, -0.2) is 8.42 Å². The molecule has 0 heterocycles. The molecule has 3 rings (SSSR count). The number of amides is 2. The van der Waals surface area contributed by atoms with Crippen molar-refractivity contribution in [1.82, 2.24) is 10.2 Å². The molecular weight excluding hydrogens is 474 g/mol. The highest BCUT2D eigenvalue weighted by Gasteiger charge is 2.33. The van der Waals surface area contributed by atoms with Gasteiger partial charge in [0.05, 0.1) is 11.9 Å². The van der Waals surface area contributed by atoms with Crippen LogP contribution in [0.15, 0.2) is 48.5 Å². The fourth-order valence-corrected chi connectivity index (χ4v) is 5.85. The summed E-state index contributed by atoms with van der Waals surface area (Å²) < 4.78 is 26.7. The van der Waals surface area contributed by atoms with Gasteiger partial charge in [0.25, 0.3) is 0 Å². The zero-order chi connectivity index (χ0) is 26.3. The number of nitrogens with one attached hydrogen (secondary N) is 1. The molecule has 2 aromatic carbocycles. The number of carbonyl (C=O) groups excluding carboxylic acids is 2. The van der Waals surface area contributed by atoms with Gasteiger partial charge < -0.3 is 10.2 Å². The van der Waals surface area contributed by atoms with E-state index in [0.717, 1.165) is 52.9 Å². The number of anilines is 1. The van der Waals surface area contributed by atoms with Crippen LogP contribution in [0.25, 0.3) is 0 Å². The number of aryl methyl sites for hydroxylation is 2. The van der Waals surface area contributed by atoms with Gasteiger partial charge in [0.2, 0.25) is 21.8 Å². The van der Waals surface area contributed by atoms with E-state index < -0.39 is 16.1 Å². The van der Waals surface area contributed by atoms with Crippen LogP contribution < -0.4 is 9.62 Å². The third-order valence-corrected chi connectivity index (χ3v) is 8.00. The van der Waals surface area contributed by atoms with Crippen LogP contribution in [0.3, 0.4) is 0 Å². The molecule has 196 valence electrons. The van der Waals surface area contributed by atoms with Crippen LogP contribution in [0.1, 0.15) is 55.7 Å². The van der Waals surface area contributed by atoms with Gasteiger partial charge in [0.15, 0.2) is 0 Å². The van der Waals surface area contributed by atoms with E-state index in [4.69, 9.17) is 0 Å². The van der Waals surface area contributed by atoms with E-state index in [0.29, 0.717) is 25.1 Å². The van der Waals surface area contributed by atoms with Gasteiger partial charge >= 0.3 is 0 Å². The van der Waals surface area contributed by atoms with Crippen LogP contribution in [0.4, 0.5) is 5.69 Å². The Kier molecular flexibility index (Phi) is 9.54. The van der Waals surface area contributed by atoms with Crippen LogP contribution in [-0.4, -0.2) is 56.6 Å². The minimum Gasteiger partial charge on any atom is -0.352 e. The first kappa shape index (κ1) is 27.7. The lowest BCUT2D eigenvalue weighted by Gasteiger charge is -2.33. The third-order valence-electron chi connectivity index (χ3n) is 6.87. The van der Waals surface area contributed by atoms with E-state index in [1.165, 1.54) is 0 Å². The summed E-state index contributed by atoms with van der Waals surface area (Å²) in [5, 5.41) is 3.13. The van der Waals surface area contributed by atoms with Gasteiger partial charge in [-0.05, 0) is 56.7 Å². The molecule has 1 unspecified atom stereocenters. The van der Waals surface area contributed by atoms with E-state index in [1.807, 2.05) is 63.2 Å². The SMILES string of the molecule is CCC(C(=O)NC1CCCC1)N(CCc1ccccc1)C(=O)CN(c1ccc(C)cc1C)S(C)(=O)=O. The number of hydrogen-bond acceptors (Lipinski definition) is 4. The summed E-state index contributed by atoms with van der Waals surface area (Å²) >= 11 is 0. The molecule has 0 aliphatic heterocycles. The van der Waals surface area contributed by atoms with E-state index in [2.05, 4.69) is 5.32 Å². The summed E-state index contributed by atoms with van der Waals surface area (Å²) in [6.07, 6.45) is 6.22. The van der Waals surface area contributed by atoms with Crippen molar-refractivity contribution in [1.29, 1.82) is 0 Å². The first-order valence-corrected chi connectivity index (χ1v) is 14.6. The number of carbonyl (C=O) groups is 2. The fraction of sp³-hybridized carbons (Fsp3) is 0.500. The quantitative estimate of drug-likeness (QED) is 0.492. The molecule has 36 heavy (non-hydrogen) atoms. The topological polar surface area (TPSA) is 86.8 Å². The molecule has 0 bridgehead atoms. The zero-order valence-electron chi connectivity index (χ0n) is 21.9. The van der Waals surface area contributed by atoms with Crippen molar-refractivity contribution in [2.75, 3.05) is 23.7 Å². The summed E-state index contributed by atoms with van der Waals surface area (Å²) in [5.41, 5.74) is 3.31. The molecule has 0 radical (unpaired) electrons. The number of benzene rings is 2. The summed E-state index contributed by atoms with van der Waals surface area (Å²) in [4.78, 5) is 28.6. The van der Waals surface area contributed by atoms with Crippen molar-refractivity contribution in [3.8, 4) is 0 Å². The molecule has 7 nitrogen and oxygen atoms in total. The monoisotopic (exact) mass is 513 g/mol. The minimum atomic E-state index is -3.74. The average Bonchev–Trinajstić information content (AvgIpc) is 3.33. The highest BCUT2D eigenvalue weighted by atomic mass is 32.2. The summed E-state index contributed by atoms with van der Waals surface area (Å²) in [6.45, 7) is 5.63. The Labute approximate surface area is 215 Å². The molecule has 1 atom stereocenters. The standard InChI is InChI=1S/C28H39N3O4S/c1-5-25(28(33)29-24-13-9-10-14-24)30(18-17-23-11-7-6-8-12-23)27(32)20-31(36(4,34)35)26-16-15-21(2)19-22(26)3/h6-8,11-12,15-16,19,24-25H,5,9-10,13-14,17-18,20H2,1-4H3,(H,29,33). The van der Waals surface area contributed by atoms with Gasteiger partial charge in [-0.2, -0.15) is 0 Å². The Morgan fingerprint density at radius 3 is 2.31 bits per heavy atom. The molecule has 1 aliphatic rings. The Balaban J connectivity index is 1.88. The predicted octanol–water partition coefficient (Wildman–Crippen LogP) is 3.98. The van der Waals surface area contributed by atoms with Gasteiger partial charge in [-0.3, -0.25) is 13.9 Å². The molecule has 2 aromatic rings. The Hall–Kier alpha value is -2.87. The maximum Gasteiger partial charge on any atom is 0.244 e. The van der Waals surface area contributed by atoms with Crippen LogP contribution in [0, 0.1) is 13.8 Å². The molecule has 0 saturated heterocycles. The van der Waals surface area contributed by atoms with Crippen molar-refractivity contribution < 1.29 is 18.0 Å². The number of rotatable bonds is 11. The highest BCUT2D eigenvalue weighted by Crippen LogP contribution is 2.24. The lowest BCUT2D eigenvalue weighted by Crippen LogP contribution is -2.54. The Morgan fingerprint density at radius 1 is 1.06 bits per heavy atom. The van der Waals surface area contributed by atoms with E-state index in [1.54, 1.807) is 11.0 Å². The average molecular weight is 514 g/mol. The molecular formula is C28H39N3O4S. The van der Waals surface area contributed by atoms with Crippen molar-refractivity contribution in [2.24, 2.45) is 0 Å². The first-order chi connectivity index (χ1) is 17.1. The molecule has 0 spiro atoms. The van der Waals surface area contributed by atoms with Crippen molar-refractivity contribution >= 4 is 27.5 Å². The lowest BCUT2D eigenvalue weighted by molar-refractivity contribution is -0.139. The number of hydrogen-bond donors (Lipinski definition) is 1. The van der Waals surface area contributed by atoms with Gasteiger partial charge in [0, 0.05) is 12.6 Å². The van der Waals surface area contributed by atoms with Gasteiger partial charge in [-0.1, -0.05) is 67.8 Å². The lowest BCUT2D eigenvalue weighted by atomic mass is 10.1. The maximum absolute atomic E-state index is 13.8. The van der Waals surface area contributed by atoms with E-state index >= 15 is 0 Å². The van der Waals surface area contributed by atoms with Gasteiger partial charge in [0.1, 0.15) is 12.6 Å². The third kappa shape index (κ3) is 7.32. The molecule has 1 N–H and O–H groups in total. The van der Waals surface area contributed by atoms with E-state index in [9.17, 15) is 18.0 Å². The molecule has 1 aliphatic carbocycles. The second-order valence-corrected chi connectivity index (χ2v) is 11.7. The van der Waals surface area contributed by atoms with Crippen LogP contribution in [0.2, 0.25) is 0 Å². The van der Waals surface area contributed by atoms with Crippen molar-refractivity contribution in [3.05, 3.63) is 65.2 Å². The van der Waals surface area contributed by atoms with Crippen LogP contribution >= 0.6 is 0 Å². The van der Waals surface area contributed by atoms with Crippen LogP contribution in [-0.2, 0) is 26.0 Å². The van der Waals surface area contributed by atoms with E-state index in [-0.39, 0.29) is 24.4 Å². The van der Waals surface area contributed by atoms with Crippen molar-refractivity contribution in [3.63, 3.8) is 0 Å². The summed E-state index contributed by atoms with van der Waals surface area (Å²) in [5.74, 6) is -0.548. The fourth-order valence-electron chi connectivity index (χ4n) is 4.94. The van der Waals surface area contributed by atoms with Gasteiger partial charge in [-0.15, -0.1) is 0 Å². The van der Waals surface area contributed by atoms with Crippen molar-refractivity contribution in [2.45, 2.75) is 71.4 Å². The number of sulfonamides is 1. The highest BCUT2D eigenvalue weighted by molar-refractivity contribution is 7.92. The molecule has 8 heteroatoms. The Morgan fingerprint density at radius 2 is 1.72 bits per heavy atom. The largest absolute Gasteiger partial charge is 0.352 e.